The lowest BCUT2D eigenvalue weighted by Crippen LogP contribution is -2.40. The first-order chi connectivity index (χ1) is 14.9. The minimum absolute atomic E-state index is 0.221. The fourth-order valence-corrected chi connectivity index (χ4v) is 4.90. The quantitative estimate of drug-likeness (QED) is 0.436. The molecule has 0 spiro atoms. The van der Waals surface area contributed by atoms with Crippen LogP contribution in [-0.2, 0) is 9.53 Å². The van der Waals surface area contributed by atoms with Gasteiger partial charge in [-0.25, -0.2) is 9.79 Å². The molecule has 1 aromatic carbocycles. The second-order valence-corrected chi connectivity index (χ2v) is 9.21. The maximum absolute atomic E-state index is 13.4. The monoisotopic (exact) mass is 454 g/mol. The molecule has 1 atom stereocenters. The summed E-state index contributed by atoms with van der Waals surface area (Å²) in [5.74, 6) is 0.122. The lowest BCUT2D eigenvalue weighted by Gasteiger charge is -2.25. The number of nitrogens with zero attached hydrogens (tertiary/aromatic N) is 2. The molecule has 0 amide bonds. The number of hydrogen-bond acceptors (Lipinski definition) is 7. The van der Waals surface area contributed by atoms with Gasteiger partial charge in [0.05, 0.1) is 34.2 Å². The van der Waals surface area contributed by atoms with Crippen molar-refractivity contribution in [2.75, 3.05) is 6.26 Å². The van der Waals surface area contributed by atoms with Gasteiger partial charge in [-0.1, -0.05) is 23.5 Å². The molecule has 0 saturated heterocycles. The molecule has 0 aliphatic carbocycles. The van der Waals surface area contributed by atoms with Crippen LogP contribution in [0, 0.1) is 0 Å². The number of ether oxygens (including phenoxy) is 1. The molecule has 3 heterocycles. The number of benzene rings is 1. The van der Waals surface area contributed by atoms with Crippen LogP contribution in [0.5, 0.6) is 0 Å². The molecular formula is C23H22N2O4S2. The predicted molar refractivity (Wildman–Crippen MR) is 122 cm³/mol. The number of carbonyl (C=O) groups excluding carboxylic acids is 1. The Balaban J connectivity index is 1.94. The average Bonchev–Trinajstić information content (AvgIpc) is 3.35. The van der Waals surface area contributed by atoms with Crippen LogP contribution in [0.25, 0.3) is 6.08 Å². The molecule has 0 N–H and O–H groups in total. The fourth-order valence-electron chi connectivity index (χ4n) is 3.46. The van der Waals surface area contributed by atoms with Crippen LogP contribution in [-0.4, -0.2) is 22.9 Å². The van der Waals surface area contributed by atoms with Crippen molar-refractivity contribution in [1.29, 1.82) is 0 Å². The summed E-state index contributed by atoms with van der Waals surface area (Å²) < 4.78 is 13.0. The summed E-state index contributed by atoms with van der Waals surface area (Å²) in [6.45, 7) is 5.38. The minimum Gasteiger partial charge on any atom is -0.465 e. The highest BCUT2D eigenvalue weighted by molar-refractivity contribution is 7.98. The SMILES string of the molecule is CSc1ccc([C@@H]2C(C(=O)OC(C)C)=C(C)N=c3s/c(=C\c4ccco4)c(=O)n32)cc1. The fraction of sp³-hybridized carbons (Fsp3) is 0.261. The number of carbonyl (C=O) groups is 1. The van der Waals surface area contributed by atoms with E-state index >= 15 is 0 Å². The van der Waals surface area contributed by atoms with Gasteiger partial charge in [0.25, 0.3) is 5.56 Å². The van der Waals surface area contributed by atoms with E-state index < -0.39 is 12.0 Å². The van der Waals surface area contributed by atoms with Crippen molar-refractivity contribution < 1.29 is 13.9 Å². The Bertz CT molecular complexity index is 1310. The van der Waals surface area contributed by atoms with E-state index in [-0.39, 0.29) is 11.7 Å². The molecule has 0 radical (unpaired) electrons. The number of hydrogen-bond donors (Lipinski definition) is 0. The third-order valence-corrected chi connectivity index (χ3v) is 6.56. The highest BCUT2D eigenvalue weighted by Crippen LogP contribution is 2.31. The zero-order chi connectivity index (χ0) is 22.1. The molecule has 6 nitrogen and oxygen atoms in total. The lowest BCUT2D eigenvalue weighted by atomic mass is 9.96. The van der Waals surface area contributed by atoms with Gasteiger partial charge in [0.1, 0.15) is 5.76 Å². The Kier molecular flexibility index (Phi) is 6.02. The van der Waals surface area contributed by atoms with E-state index in [0.29, 0.717) is 26.4 Å². The smallest absolute Gasteiger partial charge is 0.338 e. The van der Waals surface area contributed by atoms with E-state index in [1.165, 1.54) is 11.3 Å². The number of thioether (sulfide) groups is 1. The highest BCUT2D eigenvalue weighted by atomic mass is 32.2. The third kappa shape index (κ3) is 4.18. The zero-order valence-corrected chi connectivity index (χ0v) is 19.3. The van der Waals surface area contributed by atoms with Gasteiger partial charge in [0.2, 0.25) is 0 Å². The zero-order valence-electron chi connectivity index (χ0n) is 17.6. The summed E-state index contributed by atoms with van der Waals surface area (Å²) in [5.41, 5.74) is 1.54. The van der Waals surface area contributed by atoms with Gasteiger partial charge >= 0.3 is 5.97 Å². The van der Waals surface area contributed by atoms with Crippen molar-refractivity contribution >= 4 is 35.1 Å². The maximum Gasteiger partial charge on any atom is 0.338 e. The van der Waals surface area contributed by atoms with Gasteiger partial charge in [-0.2, -0.15) is 0 Å². The van der Waals surface area contributed by atoms with E-state index in [1.54, 1.807) is 61.6 Å². The van der Waals surface area contributed by atoms with Crippen LogP contribution in [0.15, 0.2) is 73.0 Å². The van der Waals surface area contributed by atoms with E-state index in [2.05, 4.69) is 4.99 Å². The van der Waals surface area contributed by atoms with Crippen LogP contribution in [0.3, 0.4) is 0 Å². The molecule has 31 heavy (non-hydrogen) atoms. The van der Waals surface area contributed by atoms with Crippen molar-refractivity contribution in [2.45, 2.75) is 37.8 Å². The van der Waals surface area contributed by atoms with Crippen molar-refractivity contribution in [1.82, 2.24) is 4.57 Å². The molecule has 1 aliphatic rings. The Morgan fingerprint density at radius 2 is 2.03 bits per heavy atom. The topological polar surface area (TPSA) is 73.8 Å². The summed E-state index contributed by atoms with van der Waals surface area (Å²) in [6.07, 6.45) is 4.98. The molecule has 0 fully saturated rings. The predicted octanol–water partition coefficient (Wildman–Crippen LogP) is 3.50. The summed E-state index contributed by atoms with van der Waals surface area (Å²) in [5, 5.41) is 0. The van der Waals surface area contributed by atoms with Gasteiger partial charge in [-0.15, -0.1) is 11.8 Å². The second-order valence-electron chi connectivity index (χ2n) is 7.32. The van der Waals surface area contributed by atoms with Crippen LogP contribution in [0.2, 0.25) is 0 Å². The van der Waals surface area contributed by atoms with E-state index in [0.717, 1.165) is 10.5 Å². The van der Waals surface area contributed by atoms with Gasteiger partial charge in [-0.05, 0) is 56.9 Å². The maximum atomic E-state index is 13.4. The molecule has 0 unspecified atom stereocenters. The Labute approximate surface area is 187 Å². The van der Waals surface area contributed by atoms with Gasteiger partial charge in [0.15, 0.2) is 4.80 Å². The van der Waals surface area contributed by atoms with Crippen molar-refractivity contribution in [2.24, 2.45) is 4.99 Å². The second kappa shape index (κ2) is 8.72. The number of aromatic nitrogens is 1. The molecule has 4 rings (SSSR count). The van der Waals surface area contributed by atoms with Crippen LogP contribution in [0.4, 0.5) is 0 Å². The number of esters is 1. The first-order valence-corrected chi connectivity index (χ1v) is 11.8. The summed E-state index contributed by atoms with van der Waals surface area (Å²) in [4.78, 5) is 32.7. The largest absolute Gasteiger partial charge is 0.465 e. The van der Waals surface area contributed by atoms with Crippen molar-refractivity contribution in [3.05, 3.63) is 84.9 Å². The van der Waals surface area contributed by atoms with Crippen LogP contribution >= 0.6 is 23.1 Å². The summed E-state index contributed by atoms with van der Waals surface area (Å²) in [6, 6.07) is 10.8. The standard InChI is InChI=1S/C23H22N2O4S2/c1-13(2)29-22(27)19-14(3)24-23-25(20(19)15-7-9-17(30-4)10-8-15)21(26)18(31-23)12-16-6-5-11-28-16/h5-13,20H,1-4H3/b18-12-/t20-/m1/s1. The van der Waals surface area contributed by atoms with Crippen LogP contribution < -0.4 is 14.9 Å². The van der Waals surface area contributed by atoms with Crippen molar-refractivity contribution in [3.63, 3.8) is 0 Å². The average molecular weight is 455 g/mol. The highest BCUT2D eigenvalue weighted by Gasteiger charge is 2.33. The van der Waals surface area contributed by atoms with E-state index in [9.17, 15) is 9.59 Å². The Morgan fingerprint density at radius 1 is 1.29 bits per heavy atom. The number of thiazole rings is 1. The number of furan rings is 1. The third-order valence-electron chi connectivity index (χ3n) is 4.83. The summed E-state index contributed by atoms with van der Waals surface area (Å²) in [7, 11) is 0. The van der Waals surface area contributed by atoms with Crippen LogP contribution in [0.1, 0.15) is 38.1 Å². The molecule has 0 saturated carbocycles. The van der Waals surface area contributed by atoms with Gasteiger partial charge in [-0.3, -0.25) is 9.36 Å². The number of rotatable bonds is 5. The minimum atomic E-state index is -0.614. The number of fused-ring (bicyclic) bond motifs is 1. The molecule has 8 heteroatoms. The molecular weight excluding hydrogens is 432 g/mol. The first kappa shape index (κ1) is 21.4. The van der Waals surface area contributed by atoms with Gasteiger partial charge < -0.3 is 9.15 Å². The lowest BCUT2D eigenvalue weighted by molar-refractivity contribution is -0.143. The van der Waals surface area contributed by atoms with Crippen molar-refractivity contribution in [3.8, 4) is 0 Å². The van der Waals surface area contributed by atoms with E-state index in [1.807, 2.05) is 30.5 Å². The molecule has 1 aliphatic heterocycles. The van der Waals surface area contributed by atoms with E-state index in [4.69, 9.17) is 9.15 Å². The Morgan fingerprint density at radius 3 is 2.65 bits per heavy atom. The Hall–Kier alpha value is -2.84. The molecule has 160 valence electrons. The molecule has 2 aromatic heterocycles. The molecule has 3 aromatic rings. The number of allylic oxidation sites excluding steroid dienone is 1. The molecule has 0 bridgehead atoms. The normalized spacial score (nSPS) is 16.4. The van der Waals surface area contributed by atoms with Gasteiger partial charge in [0, 0.05) is 11.0 Å². The summed E-state index contributed by atoms with van der Waals surface area (Å²) >= 11 is 2.91. The first-order valence-electron chi connectivity index (χ1n) is 9.80.